The normalized spacial score (nSPS) is 14.0. The lowest BCUT2D eigenvalue weighted by molar-refractivity contribution is 0.0969. The molecule has 0 heterocycles. The second kappa shape index (κ2) is 9.97. The molecule has 0 rings (SSSR count). The summed E-state index contributed by atoms with van der Waals surface area (Å²) < 4.78 is 34.3. The topological polar surface area (TPSA) is 55.4 Å². The third kappa shape index (κ3) is 8.47. The van der Waals surface area contributed by atoms with Gasteiger partial charge < -0.3 is 26.6 Å². The Balaban J connectivity index is 4.76. The molecule has 0 unspecified atom stereocenters. The van der Waals surface area contributed by atoms with Crippen LogP contribution in [-0.4, -0.2) is 53.6 Å². The highest BCUT2D eigenvalue weighted by molar-refractivity contribution is 6.83. The molecule has 6 nitrogen and oxygen atoms in total. The van der Waals surface area contributed by atoms with Gasteiger partial charge in [0.1, 0.15) is 0 Å². The molecular weight excluding hydrogens is 348 g/mol. The van der Waals surface area contributed by atoms with E-state index in [0.717, 1.165) is 12.1 Å². The van der Waals surface area contributed by atoms with E-state index in [9.17, 15) is 0 Å². The quantitative estimate of drug-likeness (QED) is 0.379. The van der Waals surface area contributed by atoms with Crippen LogP contribution < -0.4 is 0 Å². The zero-order valence-electron chi connectivity index (χ0n) is 16.1. The van der Waals surface area contributed by atoms with E-state index in [0.29, 0.717) is 12.6 Å². The Morgan fingerprint density at radius 3 is 1.83 bits per heavy atom. The first-order valence-corrected chi connectivity index (χ1v) is 15.8. The summed E-state index contributed by atoms with van der Waals surface area (Å²) in [7, 11) is -1.93. The van der Waals surface area contributed by atoms with Gasteiger partial charge in [-0.05, 0) is 52.2 Å². The van der Waals surface area contributed by atoms with Crippen LogP contribution in [0.3, 0.4) is 0 Å². The fourth-order valence-corrected chi connectivity index (χ4v) is 13.6. The van der Waals surface area contributed by atoms with Crippen LogP contribution in [0.1, 0.15) is 13.8 Å². The molecule has 0 spiro atoms. The summed E-state index contributed by atoms with van der Waals surface area (Å²) in [4.78, 5) is 0. The molecule has 0 aromatic carbocycles. The van der Waals surface area contributed by atoms with Gasteiger partial charge in [-0.3, -0.25) is 0 Å². The second-order valence-corrected chi connectivity index (χ2v) is 17.1. The summed E-state index contributed by atoms with van der Waals surface area (Å²) in [5, 5.41) is 0. The predicted molar refractivity (Wildman–Crippen MR) is 98.9 cm³/mol. The van der Waals surface area contributed by atoms with Crippen LogP contribution in [0.4, 0.5) is 0 Å². The van der Waals surface area contributed by atoms with E-state index < -0.39 is 25.7 Å². The van der Waals surface area contributed by atoms with Crippen molar-refractivity contribution >= 4 is 25.7 Å². The number of hydrogen-bond donors (Lipinski definition) is 0. The average Bonchev–Trinajstić information content (AvgIpc) is 2.47. The van der Waals surface area contributed by atoms with Crippen molar-refractivity contribution in [1.82, 2.24) is 0 Å². The third-order valence-electron chi connectivity index (χ3n) is 3.36. The molecule has 0 saturated heterocycles. The highest BCUT2D eigenvalue weighted by Gasteiger charge is 2.43. The molecule has 0 N–H and O–H groups in total. The van der Waals surface area contributed by atoms with Crippen LogP contribution in [0.15, 0.2) is 12.0 Å². The molecule has 0 atom stereocenters. The maximum absolute atomic E-state index is 6.42. The van der Waals surface area contributed by atoms with Gasteiger partial charge in [-0.2, -0.15) is 0 Å². The van der Waals surface area contributed by atoms with Crippen molar-refractivity contribution in [2.45, 2.75) is 52.1 Å². The number of hydrogen-bond acceptors (Lipinski definition) is 6. The van der Waals surface area contributed by atoms with Crippen LogP contribution in [-0.2, 0) is 26.6 Å². The Hall–Kier alpha value is -0.169. The standard InChI is InChI=1S/C14H34O6Si3/c1-10-14(18-11-2)19-22(8,9)20-21(6,7)12-13-23(15-3,16-4)17-5/h10H,11-13H2,1-9H3/b14-10-. The maximum Gasteiger partial charge on any atom is 0.499 e. The first kappa shape index (κ1) is 22.8. The molecule has 0 amide bonds. The first-order chi connectivity index (χ1) is 10.6. The van der Waals surface area contributed by atoms with E-state index in [1.807, 2.05) is 33.0 Å². The van der Waals surface area contributed by atoms with Crippen molar-refractivity contribution in [2.75, 3.05) is 27.9 Å². The number of rotatable bonds is 12. The minimum Gasteiger partial charge on any atom is -0.495 e. The SMILES string of the molecule is C/C=C(/OCC)O[Si](C)(C)O[Si](C)(C)CC[Si](OC)(OC)OC. The van der Waals surface area contributed by atoms with Crippen LogP contribution in [0, 0.1) is 0 Å². The van der Waals surface area contributed by atoms with E-state index >= 15 is 0 Å². The molecule has 0 aliphatic rings. The fourth-order valence-electron chi connectivity index (χ4n) is 2.30. The molecule has 0 radical (unpaired) electrons. The van der Waals surface area contributed by atoms with E-state index in [4.69, 9.17) is 26.6 Å². The van der Waals surface area contributed by atoms with Gasteiger partial charge in [-0.15, -0.1) is 0 Å². The van der Waals surface area contributed by atoms with E-state index in [1.165, 1.54) is 0 Å². The first-order valence-electron chi connectivity index (χ1n) is 7.93. The highest BCUT2D eigenvalue weighted by atomic mass is 28.4. The van der Waals surface area contributed by atoms with Crippen molar-refractivity contribution in [1.29, 1.82) is 0 Å². The Bertz CT molecular complexity index is 361. The summed E-state index contributed by atoms with van der Waals surface area (Å²) in [6.45, 7) is 12.9. The minimum atomic E-state index is -2.56. The third-order valence-corrected chi connectivity index (χ3v) is 12.9. The zero-order chi connectivity index (χ0) is 18.1. The van der Waals surface area contributed by atoms with Gasteiger partial charge in [0.05, 0.1) is 6.61 Å². The molecule has 0 fully saturated rings. The Morgan fingerprint density at radius 2 is 1.43 bits per heavy atom. The van der Waals surface area contributed by atoms with Crippen molar-refractivity contribution < 1.29 is 26.6 Å². The number of ether oxygens (including phenoxy) is 1. The summed E-state index contributed by atoms with van der Waals surface area (Å²) in [6, 6.07) is 1.62. The van der Waals surface area contributed by atoms with Gasteiger partial charge in [0.25, 0.3) is 5.95 Å². The molecule has 0 aromatic rings. The molecule has 0 aliphatic carbocycles. The van der Waals surface area contributed by atoms with Crippen LogP contribution in [0.25, 0.3) is 0 Å². The summed E-state index contributed by atoms with van der Waals surface area (Å²) in [5.74, 6) is 0.545. The van der Waals surface area contributed by atoms with Gasteiger partial charge in [-0.25, -0.2) is 0 Å². The summed E-state index contributed by atoms with van der Waals surface area (Å²) in [6.07, 6.45) is 1.83. The van der Waals surface area contributed by atoms with Crippen molar-refractivity contribution in [3.05, 3.63) is 12.0 Å². The zero-order valence-corrected chi connectivity index (χ0v) is 19.1. The van der Waals surface area contributed by atoms with Gasteiger partial charge >= 0.3 is 17.4 Å². The lowest BCUT2D eigenvalue weighted by Gasteiger charge is -2.35. The maximum atomic E-state index is 6.42. The Labute approximate surface area is 144 Å². The number of allylic oxidation sites excluding steroid dienone is 1. The Kier molecular flexibility index (Phi) is 9.89. The molecule has 9 heteroatoms. The molecule has 0 saturated carbocycles. The lowest BCUT2D eigenvalue weighted by atomic mass is 10.7. The molecule has 0 bridgehead atoms. The van der Waals surface area contributed by atoms with Gasteiger partial charge in [0, 0.05) is 27.4 Å². The molecule has 23 heavy (non-hydrogen) atoms. The van der Waals surface area contributed by atoms with Crippen LogP contribution in [0.2, 0.25) is 38.3 Å². The van der Waals surface area contributed by atoms with Crippen LogP contribution >= 0.6 is 0 Å². The van der Waals surface area contributed by atoms with Gasteiger partial charge in [0.15, 0.2) is 8.32 Å². The van der Waals surface area contributed by atoms with Crippen molar-refractivity contribution in [3.8, 4) is 0 Å². The average molecular weight is 383 g/mol. The second-order valence-electron chi connectivity index (χ2n) is 6.20. The fraction of sp³-hybridized carbons (Fsp3) is 0.857. The predicted octanol–water partition coefficient (Wildman–Crippen LogP) is 3.70. The smallest absolute Gasteiger partial charge is 0.495 e. The Morgan fingerprint density at radius 1 is 0.913 bits per heavy atom. The molecule has 0 aliphatic heterocycles. The van der Waals surface area contributed by atoms with Crippen LogP contribution in [0.5, 0.6) is 0 Å². The van der Waals surface area contributed by atoms with Gasteiger partial charge in [-0.1, -0.05) is 0 Å². The van der Waals surface area contributed by atoms with Crippen molar-refractivity contribution in [3.63, 3.8) is 0 Å². The van der Waals surface area contributed by atoms with E-state index in [2.05, 4.69) is 13.1 Å². The summed E-state index contributed by atoms with van der Waals surface area (Å²) in [5.41, 5.74) is 0. The van der Waals surface area contributed by atoms with E-state index in [1.54, 1.807) is 21.3 Å². The summed E-state index contributed by atoms with van der Waals surface area (Å²) >= 11 is 0. The lowest BCUT2D eigenvalue weighted by Crippen LogP contribution is -2.49. The molecule has 138 valence electrons. The van der Waals surface area contributed by atoms with Crippen molar-refractivity contribution in [2.24, 2.45) is 0 Å². The largest absolute Gasteiger partial charge is 0.499 e. The molecular formula is C14H34O6Si3. The minimum absolute atomic E-state index is 0.545. The highest BCUT2D eigenvalue weighted by Crippen LogP contribution is 2.27. The van der Waals surface area contributed by atoms with E-state index in [-0.39, 0.29) is 0 Å². The molecule has 0 aromatic heterocycles. The monoisotopic (exact) mass is 382 g/mol. The van der Waals surface area contributed by atoms with Gasteiger partial charge in [0.2, 0.25) is 0 Å².